The molecule has 80 valence electrons. The molecule has 0 spiro atoms. The summed E-state index contributed by atoms with van der Waals surface area (Å²) in [4.78, 5) is 0. The van der Waals surface area contributed by atoms with E-state index >= 15 is 0 Å². The van der Waals surface area contributed by atoms with Gasteiger partial charge in [-0.15, -0.1) is 0 Å². The number of rotatable bonds is 1. The monoisotopic (exact) mass is 194 g/mol. The van der Waals surface area contributed by atoms with Crippen molar-refractivity contribution in [1.29, 1.82) is 0 Å². The minimum Gasteiger partial charge on any atom is -0.393 e. The van der Waals surface area contributed by atoms with Crippen LogP contribution in [0.3, 0.4) is 0 Å². The number of aliphatic hydroxyl groups is 1. The van der Waals surface area contributed by atoms with Crippen LogP contribution in [0.1, 0.15) is 51.4 Å². The van der Waals surface area contributed by atoms with Gasteiger partial charge in [-0.25, -0.2) is 0 Å². The third kappa shape index (κ3) is 1.32. The Bertz CT molecular complexity index is 207. The van der Waals surface area contributed by atoms with Gasteiger partial charge in [0.2, 0.25) is 0 Å². The molecule has 1 nitrogen and oxygen atoms in total. The van der Waals surface area contributed by atoms with E-state index in [1.165, 1.54) is 44.9 Å². The van der Waals surface area contributed by atoms with Crippen molar-refractivity contribution in [3.8, 4) is 0 Å². The van der Waals surface area contributed by atoms with Crippen LogP contribution in [-0.2, 0) is 0 Å². The number of aliphatic hydroxyl groups excluding tert-OH is 1. The smallest absolute Gasteiger partial charge is 0.0574 e. The highest BCUT2D eigenvalue weighted by atomic mass is 16.3. The fourth-order valence-corrected chi connectivity index (χ4v) is 4.60. The molecule has 14 heavy (non-hydrogen) atoms. The van der Waals surface area contributed by atoms with E-state index in [1.807, 2.05) is 0 Å². The maximum atomic E-state index is 9.92. The van der Waals surface area contributed by atoms with Crippen LogP contribution < -0.4 is 0 Å². The van der Waals surface area contributed by atoms with Crippen LogP contribution in [0.4, 0.5) is 0 Å². The minimum absolute atomic E-state index is 0.0701. The van der Waals surface area contributed by atoms with Crippen molar-refractivity contribution < 1.29 is 5.11 Å². The van der Waals surface area contributed by atoms with Gasteiger partial charge in [-0.2, -0.15) is 0 Å². The second-order valence-corrected chi connectivity index (χ2v) is 5.78. The van der Waals surface area contributed by atoms with Crippen molar-refractivity contribution in [2.75, 3.05) is 0 Å². The van der Waals surface area contributed by atoms with Gasteiger partial charge in [-0.3, -0.25) is 0 Å². The summed E-state index contributed by atoms with van der Waals surface area (Å²) in [7, 11) is 0. The fraction of sp³-hybridized carbons (Fsp3) is 1.00. The van der Waals surface area contributed by atoms with Crippen molar-refractivity contribution in [2.45, 2.75) is 57.5 Å². The minimum atomic E-state index is 0.0701. The Balaban J connectivity index is 1.72. The first kappa shape index (κ1) is 9.21. The lowest BCUT2D eigenvalue weighted by Gasteiger charge is -2.30. The predicted molar refractivity (Wildman–Crippen MR) is 56.9 cm³/mol. The molecule has 0 aromatic rings. The molecule has 3 aliphatic rings. The summed E-state index contributed by atoms with van der Waals surface area (Å²) in [6.07, 6.45) is 11.2. The molecule has 0 aliphatic heterocycles. The molecule has 1 heteroatoms. The van der Waals surface area contributed by atoms with Gasteiger partial charge < -0.3 is 5.11 Å². The highest BCUT2D eigenvalue weighted by molar-refractivity contribution is 4.99. The molecule has 1 unspecified atom stereocenters. The van der Waals surface area contributed by atoms with E-state index in [9.17, 15) is 5.11 Å². The maximum absolute atomic E-state index is 9.92. The van der Waals surface area contributed by atoms with Crippen LogP contribution in [0, 0.1) is 23.7 Å². The first-order valence-corrected chi connectivity index (χ1v) is 6.54. The molecule has 0 aromatic heterocycles. The largest absolute Gasteiger partial charge is 0.393 e. The molecule has 0 heterocycles. The van der Waals surface area contributed by atoms with Gasteiger partial charge >= 0.3 is 0 Å². The van der Waals surface area contributed by atoms with Gasteiger partial charge in [-0.05, 0) is 42.9 Å². The summed E-state index contributed by atoms with van der Waals surface area (Å²) < 4.78 is 0. The molecule has 0 saturated heterocycles. The molecule has 3 fully saturated rings. The van der Waals surface area contributed by atoms with E-state index in [-0.39, 0.29) is 6.10 Å². The molecule has 3 rings (SSSR count). The Labute approximate surface area is 86.9 Å². The van der Waals surface area contributed by atoms with Crippen LogP contribution in [0.25, 0.3) is 0 Å². The third-order valence-corrected chi connectivity index (χ3v) is 5.14. The van der Waals surface area contributed by atoms with Crippen molar-refractivity contribution in [3.05, 3.63) is 0 Å². The zero-order chi connectivity index (χ0) is 9.54. The Kier molecular flexibility index (Phi) is 2.31. The summed E-state index contributed by atoms with van der Waals surface area (Å²) in [5, 5.41) is 9.92. The zero-order valence-corrected chi connectivity index (χ0v) is 8.99. The van der Waals surface area contributed by atoms with Crippen molar-refractivity contribution in [2.24, 2.45) is 23.7 Å². The quantitative estimate of drug-likeness (QED) is 0.680. The molecule has 3 aliphatic carbocycles. The maximum Gasteiger partial charge on any atom is 0.0574 e. The van der Waals surface area contributed by atoms with Crippen LogP contribution in [0.2, 0.25) is 0 Å². The van der Waals surface area contributed by atoms with Gasteiger partial charge in [0.15, 0.2) is 0 Å². The van der Waals surface area contributed by atoms with Crippen molar-refractivity contribution >= 4 is 0 Å². The first-order chi connectivity index (χ1) is 6.86. The Morgan fingerprint density at radius 2 is 1.57 bits per heavy atom. The first-order valence-electron chi connectivity index (χ1n) is 6.54. The second kappa shape index (κ2) is 3.52. The number of hydrogen-bond acceptors (Lipinski definition) is 1. The SMILES string of the molecule is O[C@@H]1C[C@H]2CC[C@@H]1C2C1CCCCC1. The molecule has 0 aromatic carbocycles. The molecule has 4 atom stereocenters. The fourth-order valence-electron chi connectivity index (χ4n) is 4.60. The third-order valence-electron chi connectivity index (χ3n) is 5.14. The summed E-state index contributed by atoms with van der Waals surface area (Å²) in [6, 6.07) is 0. The van der Waals surface area contributed by atoms with Gasteiger partial charge in [0.25, 0.3) is 0 Å². The summed E-state index contributed by atoms with van der Waals surface area (Å²) in [5.74, 6) is 3.50. The molecular formula is C13H22O. The lowest BCUT2D eigenvalue weighted by molar-refractivity contribution is 0.0951. The van der Waals surface area contributed by atoms with Crippen molar-refractivity contribution in [3.63, 3.8) is 0 Å². The normalized spacial score (nSPS) is 48.6. The topological polar surface area (TPSA) is 20.2 Å². The average molecular weight is 194 g/mol. The molecule has 3 saturated carbocycles. The Morgan fingerprint density at radius 3 is 2.14 bits per heavy atom. The van der Waals surface area contributed by atoms with Gasteiger partial charge in [-0.1, -0.05) is 32.1 Å². The predicted octanol–water partition coefficient (Wildman–Crippen LogP) is 2.97. The number of fused-ring (bicyclic) bond motifs is 2. The highest BCUT2D eigenvalue weighted by Crippen LogP contribution is 2.54. The van der Waals surface area contributed by atoms with E-state index < -0.39 is 0 Å². The summed E-state index contributed by atoms with van der Waals surface area (Å²) in [6.45, 7) is 0. The van der Waals surface area contributed by atoms with Gasteiger partial charge in [0, 0.05) is 0 Å². The Morgan fingerprint density at radius 1 is 0.786 bits per heavy atom. The second-order valence-electron chi connectivity index (χ2n) is 5.78. The molecule has 1 N–H and O–H groups in total. The van der Waals surface area contributed by atoms with Gasteiger partial charge in [0.1, 0.15) is 0 Å². The van der Waals surface area contributed by atoms with Crippen LogP contribution >= 0.6 is 0 Å². The van der Waals surface area contributed by atoms with Crippen LogP contribution in [0.15, 0.2) is 0 Å². The van der Waals surface area contributed by atoms with E-state index in [2.05, 4.69) is 0 Å². The lowest BCUT2D eigenvalue weighted by Crippen LogP contribution is -2.24. The van der Waals surface area contributed by atoms with Gasteiger partial charge in [0.05, 0.1) is 6.10 Å². The molecule has 0 radical (unpaired) electrons. The van der Waals surface area contributed by atoms with E-state index in [4.69, 9.17) is 0 Å². The number of hydrogen-bond donors (Lipinski definition) is 1. The van der Waals surface area contributed by atoms with E-state index in [0.29, 0.717) is 5.92 Å². The summed E-state index contributed by atoms with van der Waals surface area (Å²) >= 11 is 0. The molecule has 2 bridgehead atoms. The highest BCUT2D eigenvalue weighted by Gasteiger charge is 2.49. The lowest BCUT2D eigenvalue weighted by atomic mass is 9.75. The Hall–Kier alpha value is -0.0400. The molecular weight excluding hydrogens is 172 g/mol. The molecule has 0 amide bonds. The zero-order valence-electron chi connectivity index (χ0n) is 8.99. The van der Waals surface area contributed by atoms with Crippen molar-refractivity contribution in [1.82, 2.24) is 0 Å². The van der Waals surface area contributed by atoms with E-state index in [1.54, 1.807) is 0 Å². The van der Waals surface area contributed by atoms with Crippen LogP contribution in [-0.4, -0.2) is 11.2 Å². The summed E-state index contributed by atoms with van der Waals surface area (Å²) in [5.41, 5.74) is 0. The average Bonchev–Trinajstić information content (AvgIpc) is 2.75. The standard InChI is InChI=1S/C13H22O/c14-12-8-10-6-7-11(12)13(10)9-4-2-1-3-5-9/h9-14H,1-8H2/t10-,11+,12-,13?/m1/s1. The van der Waals surface area contributed by atoms with Crippen LogP contribution in [0.5, 0.6) is 0 Å². The van der Waals surface area contributed by atoms with E-state index in [0.717, 1.165) is 24.2 Å².